The molecule has 98 valence electrons. The zero-order chi connectivity index (χ0) is 13.7. The Morgan fingerprint density at radius 2 is 2.00 bits per heavy atom. The van der Waals surface area contributed by atoms with Gasteiger partial charge in [-0.15, -0.1) is 0 Å². The fourth-order valence-electron chi connectivity index (χ4n) is 1.67. The van der Waals surface area contributed by atoms with Gasteiger partial charge in [0.05, 0.1) is 5.69 Å². The Kier molecular flexibility index (Phi) is 4.58. The van der Waals surface area contributed by atoms with Crippen molar-refractivity contribution in [2.24, 2.45) is 0 Å². The molecular weight excluding hydrogens is 306 g/mol. The molecule has 0 aromatic heterocycles. The number of rotatable bonds is 4. The van der Waals surface area contributed by atoms with E-state index >= 15 is 0 Å². The first-order valence-electron chi connectivity index (χ1n) is 5.89. The molecule has 0 aliphatic heterocycles. The summed E-state index contributed by atoms with van der Waals surface area (Å²) in [5, 5.41) is 2.75. The number of amides is 1. The van der Waals surface area contributed by atoms with Gasteiger partial charge in [-0.3, -0.25) is 4.79 Å². The van der Waals surface area contributed by atoms with Crippen molar-refractivity contribution >= 4 is 27.5 Å². The Bertz CT molecular complexity index is 584. The molecule has 3 nitrogen and oxygen atoms in total. The van der Waals surface area contributed by atoms with Crippen LogP contribution in [0.3, 0.4) is 0 Å². The number of hydrogen-bond acceptors (Lipinski definition) is 2. The standard InChI is InChI=1S/C15H14BrNO2/c1-11(18)17-14-7-2-3-8-15(14)19-10-12-5-4-6-13(16)9-12/h2-9H,10H2,1H3,(H,17,18). The quantitative estimate of drug-likeness (QED) is 0.925. The third-order valence-corrected chi connectivity index (χ3v) is 2.97. The summed E-state index contributed by atoms with van der Waals surface area (Å²) in [5.41, 5.74) is 1.75. The highest BCUT2D eigenvalue weighted by Gasteiger charge is 2.04. The smallest absolute Gasteiger partial charge is 0.221 e. The van der Waals surface area contributed by atoms with E-state index in [-0.39, 0.29) is 5.91 Å². The van der Waals surface area contributed by atoms with Gasteiger partial charge < -0.3 is 10.1 Å². The Morgan fingerprint density at radius 1 is 1.21 bits per heavy atom. The molecule has 0 bridgehead atoms. The third-order valence-electron chi connectivity index (χ3n) is 2.48. The molecule has 4 heteroatoms. The first kappa shape index (κ1) is 13.6. The number of carbonyl (C=O) groups is 1. The van der Waals surface area contributed by atoms with Crippen molar-refractivity contribution in [2.75, 3.05) is 5.32 Å². The van der Waals surface area contributed by atoms with Crippen LogP contribution in [0.5, 0.6) is 5.75 Å². The number of anilines is 1. The molecule has 0 saturated carbocycles. The highest BCUT2D eigenvalue weighted by Crippen LogP contribution is 2.25. The fraction of sp³-hybridized carbons (Fsp3) is 0.133. The monoisotopic (exact) mass is 319 g/mol. The van der Waals surface area contributed by atoms with E-state index in [9.17, 15) is 4.79 Å². The van der Waals surface area contributed by atoms with Gasteiger partial charge in [0.25, 0.3) is 0 Å². The van der Waals surface area contributed by atoms with Crippen LogP contribution in [-0.2, 0) is 11.4 Å². The van der Waals surface area contributed by atoms with Gasteiger partial charge >= 0.3 is 0 Å². The molecule has 19 heavy (non-hydrogen) atoms. The average molecular weight is 320 g/mol. The molecule has 0 saturated heterocycles. The predicted molar refractivity (Wildman–Crippen MR) is 79.2 cm³/mol. The summed E-state index contributed by atoms with van der Waals surface area (Å²) < 4.78 is 6.76. The first-order chi connectivity index (χ1) is 9.15. The molecule has 2 aromatic rings. The number of ether oxygens (including phenoxy) is 1. The second kappa shape index (κ2) is 6.38. The maximum Gasteiger partial charge on any atom is 0.221 e. The van der Waals surface area contributed by atoms with Crippen LogP contribution in [0.25, 0.3) is 0 Å². The van der Waals surface area contributed by atoms with Crippen LogP contribution in [-0.4, -0.2) is 5.91 Å². The summed E-state index contributed by atoms with van der Waals surface area (Å²) >= 11 is 3.42. The van der Waals surface area contributed by atoms with Crippen molar-refractivity contribution in [1.29, 1.82) is 0 Å². The second-order valence-corrected chi connectivity index (χ2v) is 5.01. The van der Waals surface area contributed by atoms with E-state index in [4.69, 9.17) is 4.74 Å². The lowest BCUT2D eigenvalue weighted by atomic mass is 10.2. The van der Waals surface area contributed by atoms with E-state index in [0.29, 0.717) is 18.0 Å². The van der Waals surface area contributed by atoms with E-state index in [2.05, 4.69) is 21.2 Å². The van der Waals surface area contributed by atoms with Crippen molar-refractivity contribution in [1.82, 2.24) is 0 Å². The molecule has 0 aliphatic carbocycles. The SMILES string of the molecule is CC(=O)Nc1ccccc1OCc1cccc(Br)c1. The molecule has 0 aliphatic rings. The lowest BCUT2D eigenvalue weighted by molar-refractivity contribution is -0.114. The predicted octanol–water partition coefficient (Wildman–Crippen LogP) is 3.99. The van der Waals surface area contributed by atoms with Crippen molar-refractivity contribution in [2.45, 2.75) is 13.5 Å². The molecular formula is C15H14BrNO2. The van der Waals surface area contributed by atoms with Gasteiger partial charge in [-0.2, -0.15) is 0 Å². The largest absolute Gasteiger partial charge is 0.487 e. The van der Waals surface area contributed by atoms with Crippen LogP contribution in [0.15, 0.2) is 53.0 Å². The number of hydrogen-bond donors (Lipinski definition) is 1. The molecule has 2 aromatic carbocycles. The fourth-order valence-corrected chi connectivity index (χ4v) is 2.12. The minimum absolute atomic E-state index is 0.112. The van der Waals surface area contributed by atoms with Gasteiger partial charge in [-0.1, -0.05) is 40.2 Å². The lowest BCUT2D eigenvalue weighted by Crippen LogP contribution is -2.07. The van der Waals surface area contributed by atoms with E-state index in [1.165, 1.54) is 6.92 Å². The lowest BCUT2D eigenvalue weighted by Gasteiger charge is -2.11. The molecule has 1 amide bonds. The molecule has 0 atom stereocenters. The number of benzene rings is 2. The Labute approximate surface area is 120 Å². The van der Waals surface area contributed by atoms with Crippen LogP contribution in [0.4, 0.5) is 5.69 Å². The van der Waals surface area contributed by atoms with Gasteiger partial charge in [-0.05, 0) is 29.8 Å². The average Bonchev–Trinajstić information content (AvgIpc) is 2.37. The summed E-state index contributed by atoms with van der Waals surface area (Å²) in [7, 11) is 0. The number of halogens is 1. The van der Waals surface area contributed by atoms with Crippen molar-refractivity contribution in [3.8, 4) is 5.75 Å². The van der Waals surface area contributed by atoms with E-state index < -0.39 is 0 Å². The Morgan fingerprint density at radius 3 is 2.74 bits per heavy atom. The van der Waals surface area contributed by atoms with E-state index in [0.717, 1.165) is 10.0 Å². The van der Waals surface area contributed by atoms with Gasteiger partial charge in [0.15, 0.2) is 0 Å². The molecule has 0 heterocycles. The summed E-state index contributed by atoms with van der Waals surface area (Å²) in [6.45, 7) is 1.93. The number of para-hydroxylation sites is 2. The van der Waals surface area contributed by atoms with Crippen LogP contribution in [0, 0.1) is 0 Å². The van der Waals surface area contributed by atoms with E-state index in [1.54, 1.807) is 0 Å². The number of carbonyl (C=O) groups excluding carboxylic acids is 1. The maximum atomic E-state index is 11.1. The van der Waals surface area contributed by atoms with Crippen molar-refractivity contribution in [3.05, 3.63) is 58.6 Å². The van der Waals surface area contributed by atoms with Crippen LogP contribution in [0.2, 0.25) is 0 Å². The molecule has 0 radical (unpaired) electrons. The minimum atomic E-state index is -0.112. The van der Waals surface area contributed by atoms with Gasteiger partial charge in [-0.25, -0.2) is 0 Å². The second-order valence-electron chi connectivity index (χ2n) is 4.10. The van der Waals surface area contributed by atoms with Gasteiger partial charge in [0, 0.05) is 11.4 Å². The minimum Gasteiger partial charge on any atom is -0.487 e. The number of nitrogens with one attached hydrogen (secondary N) is 1. The molecule has 0 unspecified atom stereocenters. The Balaban J connectivity index is 2.09. The summed E-state index contributed by atoms with van der Waals surface area (Å²) in [6, 6.07) is 15.3. The Hall–Kier alpha value is -1.81. The zero-order valence-electron chi connectivity index (χ0n) is 10.5. The van der Waals surface area contributed by atoms with Crippen molar-refractivity contribution < 1.29 is 9.53 Å². The maximum absolute atomic E-state index is 11.1. The highest BCUT2D eigenvalue weighted by atomic mass is 79.9. The van der Waals surface area contributed by atoms with Gasteiger partial charge in [0.1, 0.15) is 12.4 Å². The molecule has 0 fully saturated rings. The molecule has 2 rings (SSSR count). The zero-order valence-corrected chi connectivity index (χ0v) is 12.1. The summed E-state index contributed by atoms with van der Waals surface area (Å²) in [5.74, 6) is 0.552. The molecule has 1 N–H and O–H groups in total. The normalized spacial score (nSPS) is 10.0. The third kappa shape index (κ3) is 4.10. The van der Waals surface area contributed by atoms with Crippen molar-refractivity contribution in [3.63, 3.8) is 0 Å². The highest BCUT2D eigenvalue weighted by molar-refractivity contribution is 9.10. The topological polar surface area (TPSA) is 38.3 Å². The van der Waals surface area contributed by atoms with E-state index in [1.807, 2.05) is 48.5 Å². The van der Waals surface area contributed by atoms with Crippen LogP contribution >= 0.6 is 15.9 Å². The summed E-state index contributed by atoms with van der Waals surface area (Å²) in [6.07, 6.45) is 0. The van der Waals surface area contributed by atoms with Crippen LogP contribution in [0.1, 0.15) is 12.5 Å². The first-order valence-corrected chi connectivity index (χ1v) is 6.68. The van der Waals surface area contributed by atoms with Crippen LogP contribution < -0.4 is 10.1 Å². The summed E-state index contributed by atoms with van der Waals surface area (Å²) in [4.78, 5) is 11.1. The van der Waals surface area contributed by atoms with Gasteiger partial charge in [0.2, 0.25) is 5.91 Å². The molecule has 0 spiro atoms.